The molecule has 2 amide bonds. The molecule has 1 aromatic rings. The predicted octanol–water partition coefficient (Wildman–Crippen LogP) is -0.0629. The zero-order valence-electron chi connectivity index (χ0n) is 18.0. The first-order valence-corrected chi connectivity index (χ1v) is 10.9. The van der Waals surface area contributed by atoms with E-state index in [9.17, 15) is 14.4 Å². The molecule has 6 N–H and O–H groups in total. The summed E-state index contributed by atoms with van der Waals surface area (Å²) in [7, 11) is 0. The lowest BCUT2D eigenvalue weighted by Gasteiger charge is -2.30. The molecule has 0 aliphatic carbocycles. The van der Waals surface area contributed by atoms with E-state index in [1.807, 2.05) is 30.3 Å². The van der Waals surface area contributed by atoms with E-state index >= 15 is 0 Å². The highest BCUT2D eigenvalue weighted by Gasteiger charge is 2.27. The van der Waals surface area contributed by atoms with Crippen LogP contribution < -0.4 is 22.1 Å². The molecule has 1 aliphatic heterocycles. The average Bonchev–Trinajstić information content (AvgIpc) is 2.79. The van der Waals surface area contributed by atoms with Crippen molar-refractivity contribution in [2.24, 2.45) is 16.5 Å². The van der Waals surface area contributed by atoms with Crippen LogP contribution in [0.1, 0.15) is 37.7 Å². The van der Waals surface area contributed by atoms with Crippen LogP contribution in [-0.4, -0.2) is 67.2 Å². The summed E-state index contributed by atoms with van der Waals surface area (Å²) < 4.78 is 0. The maximum atomic E-state index is 13.1. The number of nitrogens with two attached hydrogens (primary N) is 2. The van der Waals surface area contributed by atoms with Gasteiger partial charge in [0, 0.05) is 13.1 Å². The van der Waals surface area contributed by atoms with Crippen LogP contribution in [0.15, 0.2) is 35.3 Å². The fraction of sp³-hybridized carbons (Fsp3) is 0.545. The molecule has 2 atom stereocenters. The standard InChI is InChI=1S/C22H34N6O3/c23-22(24)26-13-6-9-18(16-29)27-20(30)15-28(14-11-17-7-2-1-3-8-17)21(31)19-10-4-5-12-25-19/h1-3,7-8,16,18-19,25H,4-6,9-15H2,(H,27,30)(H4,23,24,26)/t18-,19?/m0/s1. The van der Waals surface area contributed by atoms with Crippen LogP contribution in [0, 0.1) is 0 Å². The van der Waals surface area contributed by atoms with E-state index in [0.29, 0.717) is 38.6 Å². The Morgan fingerprint density at radius 2 is 2.03 bits per heavy atom. The highest BCUT2D eigenvalue weighted by Crippen LogP contribution is 2.11. The van der Waals surface area contributed by atoms with Gasteiger partial charge in [-0.1, -0.05) is 36.8 Å². The molecule has 0 radical (unpaired) electrons. The number of carbonyl (C=O) groups is 3. The molecule has 170 valence electrons. The average molecular weight is 431 g/mol. The second kappa shape index (κ2) is 13.4. The normalized spacial score (nSPS) is 16.7. The van der Waals surface area contributed by atoms with Crippen molar-refractivity contribution < 1.29 is 14.4 Å². The number of benzene rings is 1. The van der Waals surface area contributed by atoms with Gasteiger partial charge in [-0.25, -0.2) is 0 Å². The van der Waals surface area contributed by atoms with Crippen molar-refractivity contribution in [2.75, 3.05) is 26.2 Å². The molecule has 1 aliphatic rings. The molecule has 9 nitrogen and oxygen atoms in total. The van der Waals surface area contributed by atoms with Crippen LogP contribution in [0.5, 0.6) is 0 Å². The Morgan fingerprint density at radius 3 is 2.68 bits per heavy atom. The van der Waals surface area contributed by atoms with Crippen molar-refractivity contribution >= 4 is 24.1 Å². The molecular weight excluding hydrogens is 396 g/mol. The van der Waals surface area contributed by atoms with Gasteiger partial charge in [-0.3, -0.25) is 14.6 Å². The van der Waals surface area contributed by atoms with Crippen LogP contribution in [-0.2, 0) is 20.8 Å². The molecule has 9 heteroatoms. The summed E-state index contributed by atoms with van der Waals surface area (Å²) in [5.74, 6) is -0.423. The van der Waals surface area contributed by atoms with Gasteiger partial charge in [-0.2, -0.15) is 0 Å². The number of carbonyl (C=O) groups excluding carboxylic acids is 3. The third-order valence-electron chi connectivity index (χ3n) is 5.25. The Balaban J connectivity index is 1.94. The van der Waals surface area contributed by atoms with Crippen molar-refractivity contribution in [1.82, 2.24) is 15.5 Å². The summed E-state index contributed by atoms with van der Waals surface area (Å²) in [5, 5.41) is 5.96. The number of guanidine groups is 1. The number of rotatable bonds is 12. The quantitative estimate of drug-likeness (QED) is 0.158. The van der Waals surface area contributed by atoms with Gasteiger partial charge in [-0.05, 0) is 44.2 Å². The third-order valence-corrected chi connectivity index (χ3v) is 5.25. The number of amides is 2. The Hall–Kier alpha value is -2.94. The number of aliphatic imine (C=N–C) groups is 1. The Labute approximate surface area is 183 Å². The lowest BCUT2D eigenvalue weighted by atomic mass is 10.0. The monoisotopic (exact) mass is 430 g/mol. The second-order valence-corrected chi connectivity index (χ2v) is 7.76. The molecule has 1 heterocycles. The fourth-order valence-corrected chi connectivity index (χ4v) is 3.58. The molecule has 0 bridgehead atoms. The van der Waals surface area contributed by atoms with E-state index in [1.54, 1.807) is 4.90 Å². The zero-order chi connectivity index (χ0) is 22.5. The summed E-state index contributed by atoms with van der Waals surface area (Å²) in [6.45, 7) is 1.54. The summed E-state index contributed by atoms with van der Waals surface area (Å²) in [6.07, 6.45) is 5.15. The van der Waals surface area contributed by atoms with Crippen LogP contribution in [0.2, 0.25) is 0 Å². The van der Waals surface area contributed by atoms with E-state index in [4.69, 9.17) is 11.5 Å². The molecule has 1 aromatic carbocycles. The first-order valence-electron chi connectivity index (χ1n) is 10.9. The molecule has 1 saturated heterocycles. The van der Waals surface area contributed by atoms with Crippen LogP contribution in [0.4, 0.5) is 0 Å². The lowest BCUT2D eigenvalue weighted by molar-refractivity contribution is -0.138. The number of hydrogen-bond donors (Lipinski definition) is 4. The van der Waals surface area contributed by atoms with Gasteiger partial charge in [0.15, 0.2) is 5.96 Å². The molecule has 31 heavy (non-hydrogen) atoms. The number of hydrogen-bond acceptors (Lipinski definition) is 5. The molecule has 0 spiro atoms. The maximum Gasteiger partial charge on any atom is 0.240 e. The summed E-state index contributed by atoms with van der Waals surface area (Å²) in [4.78, 5) is 42.5. The first kappa shape index (κ1) is 24.3. The first-order chi connectivity index (χ1) is 15.0. The van der Waals surface area contributed by atoms with E-state index < -0.39 is 6.04 Å². The number of nitrogens with one attached hydrogen (secondary N) is 2. The summed E-state index contributed by atoms with van der Waals surface area (Å²) in [5.41, 5.74) is 11.7. The maximum absolute atomic E-state index is 13.1. The van der Waals surface area contributed by atoms with Gasteiger partial charge in [0.25, 0.3) is 0 Å². The summed E-state index contributed by atoms with van der Waals surface area (Å²) in [6, 6.07) is 8.95. The van der Waals surface area contributed by atoms with Gasteiger partial charge in [0.2, 0.25) is 11.8 Å². The zero-order valence-corrected chi connectivity index (χ0v) is 18.0. The largest absolute Gasteiger partial charge is 0.370 e. The Bertz CT molecular complexity index is 730. The van der Waals surface area contributed by atoms with Gasteiger partial charge < -0.3 is 31.8 Å². The van der Waals surface area contributed by atoms with Crippen LogP contribution in [0.25, 0.3) is 0 Å². The minimum atomic E-state index is -0.638. The van der Waals surface area contributed by atoms with E-state index in [1.165, 1.54) is 0 Å². The lowest BCUT2D eigenvalue weighted by Crippen LogP contribution is -2.52. The minimum absolute atomic E-state index is 0.00409. The minimum Gasteiger partial charge on any atom is -0.370 e. The Kier molecular flexibility index (Phi) is 10.5. The van der Waals surface area contributed by atoms with Gasteiger partial charge in [0.1, 0.15) is 6.29 Å². The van der Waals surface area contributed by atoms with Crippen LogP contribution >= 0.6 is 0 Å². The van der Waals surface area contributed by atoms with E-state index in [0.717, 1.165) is 31.4 Å². The predicted molar refractivity (Wildman–Crippen MR) is 120 cm³/mol. The molecule has 1 fully saturated rings. The van der Waals surface area contributed by atoms with Crippen molar-refractivity contribution in [2.45, 2.75) is 50.6 Å². The highest BCUT2D eigenvalue weighted by molar-refractivity contribution is 5.88. The van der Waals surface area contributed by atoms with Crippen molar-refractivity contribution in [3.8, 4) is 0 Å². The van der Waals surface area contributed by atoms with E-state index in [-0.39, 0.29) is 30.4 Å². The topological polar surface area (TPSA) is 143 Å². The molecule has 0 saturated carbocycles. The molecular formula is C22H34N6O3. The SMILES string of the molecule is NC(N)=NCCC[C@@H](C=O)NC(=O)CN(CCc1ccccc1)C(=O)C1CCCCN1. The van der Waals surface area contributed by atoms with Crippen LogP contribution in [0.3, 0.4) is 0 Å². The molecule has 1 unspecified atom stereocenters. The van der Waals surface area contributed by atoms with Gasteiger partial charge in [-0.15, -0.1) is 0 Å². The molecule has 2 rings (SSSR count). The number of aldehydes is 1. The van der Waals surface area contributed by atoms with Crippen molar-refractivity contribution in [3.05, 3.63) is 35.9 Å². The number of nitrogens with zero attached hydrogens (tertiary/aromatic N) is 2. The number of piperidine rings is 1. The summed E-state index contributed by atoms with van der Waals surface area (Å²) >= 11 is 0. The smallest absolute Gasteiger partial charge is 0.240 e. The highest BCUT2D eigenvalue weighted by atomic mass is 16.2. The van der Waals surface area contributed by atoms with Crippen molar-refractivity contribution in [3.63, 3.8) is 0 Å². The Morgan fingerprint density at radius 1 is 1.26 bits per heavy atom. The third kappa shape index (κ3) is 9.17. The van der Waals surface area contributed by atoms with E-state index in [2.05, 4.69) is 15.6 Å². The van der Waals surface area contributed by atoms with Gasteiger partial charge >= 0.3 is 0 Å². The van der Waals surface area contributed by atoms with Crippen molar-refractivity contribution in [1.29, 1.82) is 0 Å². The van der Waals surface area contributed by atoms with Gasteiger partial charge in [0.05, 0.1) is 18.6 Å². The fourth-order valence-electron chi connectivity index (χ4n) is 3.58. The molecule has 0 aromatic heterocycles. The second-order valence-electron chi connectivity index (χ2n) is 7.76.